The average Bonchev–Trinajstić information content (AvgIpc) is 3.29. The van der Waals surface area contributed by atoms with E-state index in [1.807, 2.05) is 0 Å². The van der Waals surface area contributed by atoms with Gasteiger partial charge in [0.05, 0.1) is 0 Å². The zero-order valence-electron chi connectivity index (χ0n) is 31.0. The number of hydrogen-bond acceptors (Lipinski definition) is 1. The van der Waals surface area contributed by atoms with Crippen LogP contribution in [0, 0.1) is 0 Å². The van der Waals surface area contributed by atoms with Crippen molar-refractivity contribution >= 4 is 78.2 Å². The van der Waals surface area contributed by atoms with Crippen molar-refractivity contribution in [3.05, 3.63) is 237 Å². The molecule has 0 fully saturated rings. The predicted molar refractivity (Wildman–Crippen MR) is 243 cm³/mol. The normalized spacial score (nSPS) is 11.6. The van der Waals surface area contributed by atoms with Gasteiger partial charge in [-0.25, -0.2) is 0 Å². The zero-order valence-corrected chi connectivity index (χ0v) is 32.0. The maximum absolute atomic E-state index is 2.86. The molecule has 0 unspecified atom stereocenters. The van der Waals surface area contributed by atoms with E-state index in [4.69, 9.17) is 0 Å². The number of hydrogen-bond donors (Lipinski definition) is 0. The summed E-state index contributed by atoms with van der Waals surface area (Å²) < 4.78 is 0. The quantitative estimate of drug-likeness (QED) is 0.0855. The van der Waals surface area contributed by atoms with Crippen molar-refractivity contribution in [2.45, 2.75) is 0 Å². The number of fused-ring (bicyclic) bond motifs is 6. The Bertz CT molecular complexity index is 2830. The lowest BCUT2D eigenvalue weighted by Gasteiger charge is -2.35. The van der Waals surface area contributed by atoms with Crippen LogP contribution in [0.25, 0.3) is 43.4 Å². The monoisotopic (exact) mass is 729 g/mol. The Kier molecular flexibility index (Phi) is 8.59. The van der Waals surface area contributed by atoms with Gasteiger partial charge in [0.25, 0.3) is 0 Å². The number of rotatable bonds is 8. The van der Waals surface area contributed by atoms with Crippen LogP contribution in [0.15, 0.2) is 237 Å². The summed E-state index contributed by atoms with van der Waals surface area (Å²) in [7, 11) is -2.86. The van der Waals surface area contributed by atoms with Crippen LogP contribution in [-0.2, 0) is 0 Å². The molecule has 0 heterocycles. The Morgan fingerprint density at radius 3 is 1.14 bits per heavy atom. The first-order valence-corrected chi connectivity index (χ1v) is 21.3. The van der Waals surface area contributed by atoms with Crippen LogP contribution in [0.4, 0.5) is 17.1 Å². The van der Waals surface area contributed by atoms with E-state index in [1.54, 1.807) is 0 Å². The highest BCUT2D eigenvalue weighted by Crippen LogP contribution is 2.38. The summed E-state index contributed by atoms with van der Waals surface area (Å²) in [5.74, 6) is 0. The molecule has 1 nitrogen and oxygen atoms in total. The molecular formula is C54H39NSi. The molecule has 264 valence electrons. The second kappa shape index (κ2) is 14.3. The van der Waals surface area contributed by atoms with Crippen molar-refractivity contribution in [2.24, 2.45) is 0 Å². The van der Waals surface area contributed by atoms with Crippen LogP contribution in [0.1, 0.15) is 0 Å². The lowest BCUT2D eigenvalue weighted by molar-refractivity contribution is 1.28. The molecule has 0 aliphatic carbocycles. The van der Waals surface area contributed by atoms with Gasteiger partial charge in [-0.05, 0) is 107 Å². The van der Waals surface area contributed by atoms with Gasteiger partial charge in [0.2, 0.25) is 0 Å². The highest BCUT2D eigenvalue weighted by atomic mass is 28.3. The van der Waals surface area contributed by atoms with Crippen molar-refractivity contribution in [2.75, 3.05) is 4.90 Å². The highest BCUT2D eigenvalue weighted by molar-refractivity contribution is 7.20. The second-order valence-electron chi connectivity index (χ2n) is 14.5. The van der Waals surface area contributed by atoms with Crippen LogP contribution in [0.2, 0.25) is 0 Å². The van der Waals surface area contributed by atoms with Crippen LogP contribution in [0.5, 0.6) is 0 Å². The molecule has 0 radical (unpaired) electrons. The molecule has 10 aromatic carbocycles. The average molecular weight is 730 g/mol. The Hall–Kier alpha value is -7.00. The van der Waals surface area contributed by atoms with Crippen molar-refractivity contribution in [3.8, 4) is 11.1 Å². The van der Waals surface area contributed by atoms with Crippen LogP contribution < -0.4 is 25.6 Å². The molecule has 0 aliphatic rings. The maximum atomic E-state index is 2.53. The number of para-hydroxylation sites is 2. The third-order valence-corrected chi connectivity index (χ3v) is 16.2. The van der Waals surface area contributed by atoms with Crippen molar-refractivity contribution in [3.63, 3.8) is 0 Å². The third-order valence-electron chi connectivity index (χ3n) is 11.4. The Balaban J connectivity index is 1.22. The van der Waals surface area contributed by atoms with Gasteiger partial charge in [0, 0.05) is 17.1 Å². The van der Waals surface area contributed by atoms with Gasteiger partial charge in [0.15, 0.2) is 8.07 Å². The molecule has 0 aromatic heterocycles. The number of anilines is 3. The molecule has 0 N–H and O–H groups in total. The minimum Gasteiger partial charge on any atom is -0.311 e. The summed E-state index contributed by atoms with van der Waals surface area (Å²) >= 11 is 0. The molecule has 2 heteroatoms. The van der Waals surface area contributed by atoms with E-state index in [1.165, 1.54) is 64.2 Å². The number of benzene rings is 10. The molecule has 56 heavy (non-hydrogen) atoms. The van der Waals surface area contributed by atoms with Gasteiger partial charge < -0.3 is 4.90 Å². The Labute approximate surface area is 329 Å². The molecule has 0 saturated carbocycles. The van der Waals surface area contributed by atoms with Gasteiger partial charge in [0.1, 0.15) is 0 Å². The smallest absolute Gasteiger partial charge is 0.179 e. The minimum absolute atomic E-state index is 1.13. The molecule has 0 saturated heterocycles. The Morgan fingerprint density at radius 2 is 0.607 bits per heavy atom. The van der Waals surface area contributed by atoms with E-state index < -0.39 is 8.07 Å². The molecule has 10 rings (SSSR count). The lowest BCUT2D eigenvalue weighted by atomic mass is 9.92. The van der Waals surface area contributed by atoms with Crippen molar-refractivity contribution in [1.29, 1.82) is 0 Å². The molecule has 0 bridgehead atoms. The second-order valence-corrected chi connectivity index (χ2v) is 18.3. The SMILES string of the molecule is c1ccc(-c2ccc3c4ccc([Si](c5ccccc5)(c5ccccc5)c5ccc(N(c6ccccc6)c6ccccc6)cc5)cc4c4ccccc4c3c2)cc1. The van der Waals surface area contributed by atoms with E-state index in [0.717, 1.165) is 17.1 Å². The van der Waals surface area contributed by atoms with Crippen molar-refractivity contribution in [1.82, 2.24) is 0 Å². The summed E-state index contributed by atoms with van der Waals surface area (Å²) in [5, 5.41) is 13.1. The van der Waals surface area contributed by atoms with E-state index >= 15 is 0 Å². The van der Waals surface area contributed by atoms with Gasteiger partial charge in [-0.15, -0.1) is 0 Å². The first kappa shape index (κ1) is 33.6. The summed E-state index contributed by atoms with van der Waals surface area (Å²) in [6.45, 7) is 0. The molecule has 0 amide bonds. The highest BCUT2D eigenvalue weighted by Gasteiger charge is 2.41. The summed E-state index contributed by atoms with van der Waals surface area (Å²) in [5.41, 5.74) is 5.86. The van der Waals surface area contributed by atoms with Gasteiger partial charge in [-0.1, -0.05) is 194 Å². The molecule has 0 atom stereocenters. The zero-order chi connectivity index (χ0) is 37.3. The fourth-order valence-corrected chi connectivity index (χ4v) is 13.6. The molecule has 0 spiro atoms. The summed E-state index contributed by atoms with van der Waals surface area (Å²) in [6.07, 6.45) is 0. The molecular weight excluding hydrogens is 691 g/mol. The minimum atomic E-state index is -2.86. The third kappa shape index (κ3) is 5.71. The fraction of sp³-hybridized carbons (Fsp3) is 0. The predicted octanol–water partition coefficient (Wildman–Crippen LogP) is 11.7. The summed E-state index contributed by atoms with van der Waals surface area (Å²) in [6, 6.07) is 87.2. The van der Waals surface area contributed by atoms with Crippen LogP contribution >= 0.6 is 0 Å². The molecule has 0 aliphatic heterocycles. The van der Waals surface area contributed by atoms with Gasteiger partial charge in [-0.2, -0.15) is 0 Å². The number of nitrogens with zero attached hydrogens (tertiary/aromatic N) is 1. The van der Waals surface area contributed by atoms with E-state index in [2.05, 4.69) is 241 Å². The Morgan fingerprint density at radius 1 is 0.232 bits per heavy atom. The largest absolute Gasteiger partial charge is 0.311 e. The van der Waals surface area contributed by atoms with E-state index in [0.29, 0.717) is 0 Å². The lowest BCUT2D eigenvalue weighted by Crippen LogP contribution is -2.74. The van der Waals surface area contributed by atoms with Gasteiger partial charge in [-0.3, -0.25) is 0 Å². The summed E-state index contributed by atoms with van der Waals surface area (Å²) in [4.78, 5) is 2.34. The van der Waals surface area contributed by atoms with E-state index in [9.17, 15) is 0 Å². The fourth-order valence-electron chi connectivity index (χ4n) is 8.84. The first-order valence-electron chi connectivity index (χ1n) is 19.3. The van der Waals surface area contributed by atoms with E-state index in [-0.39, 0.29) is 0 Å². The van der Waals surface area contributed by atoms with Crippen LogP contribution in [0.3, 0.4) is 0 Å². The standard InChI is InChI=1S/C54H39NSi/c1-6-18-40(19-7-1)41-30-36-51-52-37-35-48(39-54(52)50-29-17-16-28-49(50)53(51)38-41)56(45-24-12-4-13-25-45,46-26-14-5-15-27-46)47-33-31-44(32-34-47)55(42-20-8-2-9-21-42)43-22-10-3-11-23-43/h1-39H. The topological polar surface area (TPSA) is 3.24 Å². The van der Waals surface area contributed by atoms with Crippen molar-refractivity contribution < 1.29 is 0 Å². The maximum Gasteiger partial charge on any atom is 0.179 e. The first-order chi connectivity index (χ1) is 27.8. The van der Waals surface area contributed by atoms with Crippen LogP contribution in [-0.4, -0.2) is 8.07 Å². The molecule has 10 aromatic rings. The van der Waals surface area contributed by atoms with Gasteiger partial charge >= 0.3 is 0 Å².